The van der Waals surface area contributed by atoms with Gasteiger partial charge in [0.1, 0.15) is 0 Å². The van der Waals surface area contributed by atoms with Crippen molar-refractivity contribution >= 4 is 28.5 Å². The lowest BCUT2D eigenvalue weighted by atomic mass is 10.0. The molecule has 27 heavy (non-hydrogen) atoms. The molecule has 0 fully saturated rings. The molecule has 7 nitrogen and oxygen atoms in total. The number of amides is 3. The summed E-state index contributed by atoms with van der Waals surface area (Å²) in [6, 6.07) is 13.9. The van der Waals surface area contributed by atoms with Gasteiger partial charge in [-0.1, -0.05) is 42.5 Å². The molecule has 2 aromatic carbocycles. The molecule has 3 amide bonds. The van der Waals surface area contributed by atoms with Crippen LogP contribution in [0.25, 0.3) is 10.8 Å². The number of carbonyl (C=O) groups is 3. The van der Waals surface area contributed by atoms with Gasteiger partial charge >= 0.3 is 0 Å². The molecule has 0 saturated carbocycles. The smallest absolute Gasteiger partial charge is 0.233 e. The van der Waals surface area contributed by atoms with E-state index < -0.39 is 0 Å². The highest BCUT2D eigenvalue weighted by Crippen LogP contribution is 2.18. The number of fused-ring (bicyclic) bond motifs is 1. The molecule has 0 spiro atoms. The molecular formula is C20H28N4O3. The first-order valence-electron chi connectivity index (χ1n) is 8.78. The van der Waals surface area contributed by atoms with Crippen LogP contribution in [0.4, 0.5) is 0 Å². The SMILES string of the molecule is CC(CC(=O)NCc1cccc2ccccc12)NC(=O)CN.CNC(C)=O. The normalized spacial score (nSPS) is 11.0. The van der Waals surface area contributed by atoms with Crippen LogP contribution >= 0.6 is 0 Å². The Morgan fingerprint density at radius 1 is 1.04 bits per heavy atom. The van der Waals surface area contributed by atoms with E-state index in [9.17, 15) is 14.4 Å². The highest BCUT2D eigenvalue weighted by atomic mass is 16.2. The first-order valence-corrected chi connectivity index (χ1v) is 8.78. The van der Waals surface area contributed by atoms with Crippen molar-refractivity contribution in [2.24, 2.45) is 5.73 Å². The predicted molar refractivity (Wildman–Crippen MR) is 107 cm³/mol. The van der Waals surface area contributed by atoms with Gasteiger partial charge in [-0.05, 0) is 23.3 Å². The van der Waals surface area contributed by atoms with Gasteiger partial charge in [0.25, 0.3) is 0 Å². The van der Waals surface area contributed by atoms with Crippen molar-refractivity contribution < 1.29 is 14.4 Å². The van der Waals surface area contributed by atoms with Crippen LogP contribution in [0.5, 0.6) is 0 Å². The second-order valence-electron chi connectivity index (χ2n) is 6.10. The summed E-state index contributed by atoms with van der Waals surface area (Å²) in [5.41, 5.74) is 6.30. The van der Waals surface area contributed by atoms with Crippen molar-refractivity contribution in [1.82, 2.24) is 16.0 Å². The average molecular weight is 372 g/mol. The van der Waals surface area contributed by atoms with Crippen molar-refractivity contribution in [2.75, 3.05) is 13.6 Å². The zero-order valence-corrected chi connectivity index (χ0v) is 16.0. The van der Waals surface area contributed by atoms with E-state index >= 15 is 0 Å². The van der Waals surface area contributed by atoms with E-state index in [1.807, 2.05) is 42.5 Å². The summed E-state index contributed by atoms with van der Waals surface area (Å²) in [4.78, 5) is 32.8. The minimum atomic E-state index is -0.255. The molecule has 7 heteroatoms. The third kappa shape index (κ3) is 8.33. The lowest BCUT2D eigenvalue weighted by Crippen LogP contribution is -2.40. The molecule has 0 aromatic heterocycles. The van der Waals surface area contributed by atoms with Gasteiger partial charge < -0.3 is 21.7 Å². The molecule has 0 bridgehead atoms. The second kappa shape index (κ2) is 11.6. The van der Waals surface area contributed by atoms with Gasteiger partial charge in [0.05, 0.1) is 6.54 Å². The van der Waals surface area contributed by atoms with Gasteiger partial charge in [0, 0.05) is 33.0 Å². The van der Waals surface area contributed by atoms with E-state index in [-0.39, 0.29) is 36.7 Å². The molecule has 2 rings (SSSR count). The van der Waals surface area contributed by atoms with Gasteiger partial charge in [0.15, 0.2) is 0 Å². The maximum atomic E-state index is 11.9. The lowest BCUT2D eigenvalue weighted by molar-refractivity contribution is -0.123. The molecule has 0 saturated heterocycles. The topological polar surface area (TPSA) is 113 Å². The van der Waals surface area contributed by atoms with Crippen molar-refractivity contribution in [3.8, 4) is 0 Å². The summed E-state index contributed by atoms with van der Waals surface area (Å²) in [7, 11) is 1.60. The Labute approximate surface area is 159 Å². The van der Waals surface area contributed by atoms with Crippen molar-refractivity contribution in [3.63, 3.8) is 0 Å². The van der Waals surface area contributed by atoms with E-state index in [2.05, 4.69) is 16.0 Å². The van der Waals surface area contributed by atoms with Crippen molar-refractivity contribution in [1.29, 1.82) is 0 Å². The Morgan fingerprint density at radius 3 is 2.30 bits per heavy atom. The third-order valence-corrected chi connectivity index (χ3v) is 3.79. The number of nitrogens with two attached hydrogens (primary N) is 1. The molecule has 2 aromatic rings. The van der Waals surface area contributed by atoms with E-state index in [1.54, 1.807) is 14.0 Å². The van der Waals surface area contributed by atoms with Crippen LogP contribution in [0.15, 0.2) is 42.5 Å². The zero-order chi connectivity index (χ0) is 20.2. The first kappa shape index (κ1) is 22.1. The Bertz CT molecular complexity index is 771. The van der Waals surface area contributed by atoms with Crippen LogP contribution < -0.4 is 21.7 Å². The number of hydrogen-bond donors (Lipinski definition) is 4. The Balaban J connectivity index is 0.000000646. The number of carbonyl (C=O) groups excluding carboxylic acids is 3. The van der Waals surface area contributed by atoms with Crippen LogP contribution in [-0.2, 0) is 20.9 Å². The fourth-order valence-corrected chi connectivity index (χ4v) is 2.38. The summed E-state index contributed by atoms with van der Waals surface area (Å²) in [6.45, 7) is 3.66. The number of nitrogens with one attached hydrogen (secondary N) is 3. The fourth-order valence-electron chi connectivity index (χ4n) is 2.38. The van der Waals surface area contributed by atoms with Gasteiger partial charge in [-0.15, -0.1) is 0 Å². The molecule has 0 aliphatic carbocycles. The minimum Gasteiger partial charge on any atom is -0.359 e. The number of hydrogen-bond acceptors (Lipinski definition) is 4. The van der Waals surface area contributed by atoms with Crippen LogP contribution in [0.3, 0.4) is 0 Å². The van der Waals surface area contributed by atoms with Crippen molar-refractivity contribution in [3.05, 3.63) is 48.0 Å². The summed E-state index contributed by atoms with van der Waals surface area (Å²) >= 11 is 0. The highest BCUT2D eigenvalue weighted by Gasteiger charge is 2.11. The van der Waals surface area contributed by atoms with Gasteiger partial charge in [-0.2, -0.15) is 0 Å². The first-order chi connectivity index (χ1) is 12.9. The molecular weight excluding hydrogens is 344 g/mol. The monoisotopic (exact) mass is 372 g/mol. The highest BCUT2D eigenvalue weighted by molar-refractivity contribution is 5.86. The van der Waals surface area contributed by atoms with Crippen LogP contribution in [-0.4, -0.2) is 37.4 Å². The molecule has 0 heterocycles. The van der Waals surface area contributed by atoms with Crippen LogP contribution in [0.1, 0.15) is 25.8 Å². The zero-order valence-electron chi connectivity index (χ0n) is 16.0. The Kier molecular flexibility index (Phi) is 9.53. The van der Waals surface area contributed by atoms with Gasteiger partial charge in [-0.25, -0.2) is 0 Å². The molecule has 1 unspecified atom stereocenters. The van der Waals surface area contributed by atoms with E-state index in [0.29, 0.717) is 6.54 Å². The molecule has 0 radical (unpaired) electrons. The minimum absolute atomic E-state index is 0.00463. The number of benzene rings is 2. The second-order valence-corrected chi connectivity index (χ2v) is 6.10. The quantitative estimate of drug-likeness (QED) is 0.607. The van der Waals surface area contributed by atoms with Gasteiger partial charge in [-0.3, -0.25) is 14.4 Å². The van der Waals surface area contributed by atoms with E-state index in [0.717, 1.165) is 16.3 Å². The van der Waals surface area contributed by atoms with Crippen LogP contribution in [0.2, 0.25) is 0 Å². The fraction of sp³-hybridized carbons (Fsp3) is 0.350. The van der Waals surface area contributed by atoms with E-state index in [4.69, 9.17) is 5.73 Å². The maximum absolute atomic E-state index is 11.9. The molecule has 0 aliphatic rings. The van der Waals surface area contributed by atoms with Gasteiger partial charge in [0.2, 0.25) is 17.7 Å². The summed E-state index contributed by atoms with van der Waals surface area (Å²) in [6.07, 6.45) is 0.233. The molecule has 146 valence electrons. The summed E-state index contributed by atoms with van der Waals surface area (Å²) in [5.74, 6) is -0.350. The van der Waals surface area contributed by atoms with Crippen LogP contribution in [0, 0.1) is 0 Å². The predicted octanol–water partition coefficient (Wildman–Crippen LogP) is 1.06. The Hall–Kier alpha value is -2.93. The maximum Gasteiger partial charge on any atom is 0.233 e. The average Bonchev–Trinajstić information content (AvgIpc) is 2.66. The lowest BCUT2D eigenvalue weighted by Gasteiger charge is -2.13. The van der Waals surface area contributed by atoms with E-state index in [1.165, 1.54) is 6.92 Å². The Morgan fingerprint density at radius 2 is 1.67 bits per heavy atom. The third-order valence-electron chi connectivity index (χ3n) is 3.79. The van der Waals surface area contributed by atoms with Crippen molar-refractivity contribution in [2.45, 2.75) is 32.9 Å². The largest absolute Gasteiger partial charge is 0.359 e. The summed E-state index contributed by atoms with van der Waals surface area (Å²) < 4.78 is 0. The molecule has 5 N–H and O–H groups in total. The molecule has 0 aliphatic heterocycles. The summed E-state index contributed by atoms with van der Waals surface area (Å²) in [5, 5.41) is 10.2. The molecule has 1 atom stereocenters. The number of rotatable bonds is 6. The standard InChI is InChI=1S/C17H21N3O2.C3H7NO/c1-12(20-17(22)10-18)9-16(21)19-11-14-7-4-6-13-5-2-3-8-15(13)14;1-3(5)4-2/h2-8,12H,9-11,18H2,1H3,(H,19,21)(H,20,22);1-2H3,(H,4,5).